The van der Waals surface area contributed by atoms with Crippen molar-refractivity contribution < 1.29 is 37.4 Å². The number of rotatable bonds is 10. The average Bonchev–Trinajstić information content (AvgIpc) is 3.30. The van der Waals surface area contributed by atoms with Gasteiger partial charge in [0, 0.05) is 24.0 Å². The van der Waals surface area contributed by atoms with E-state index >= 15 is 0 Å². The van der Waals surface area contributed by atoms with E-state index in [1.807, 2.05) is 24.3 Å². The van der Waals surface area contributed by atoms with Crippen LogP contribution in [0.3, 0.4) is 0 Å². The number of carboxylic acids is 1. The van der Waals surface area contributed by atoms with Gasteiger partial charge in [-0.1, -0.05) is 26.0 Å². The Bertz CT molecular complexity index is 1100. The molecule has 0 bridgehead atoms. The van der Waals surface area contributed by atoms with Crippen molar-refractivity contribution >= 4 is 34.2 Å². The van der Waals surface area contributed by atoms with Crippen LogP contribution in [0, 0.1) is 0 Å². The zero-order chi connectivity index (χ0) is 29.0. The second-order valence-electron chi connectivity index (χ2n) is 8.57. The van der Waals surface area contributed by atoms with E-state index in [4.69, 9.17) is 20.4 Å². The highest BCUT2D eigenvalue weighted by Gasteiger charge is 2.38. The Morgan fingerprint density at radius 3 is 2.49 bits per heavy atom. The second-order valence-corrected chi connectivity index (χ2v) is 9.62. The van der Waals surface area contributed by atoms with Gasteiger partial charge in [-0.25, -0.2) is 9.59 Å². The maximum Gasteiger partial charge on any atom is 0.490 e. The number of carboxylic acid groups (broad SMARTS) is 1. The first-order valence-electron chi connectivity index (χ1n) is 12.4. The van der Waals surface area contributed by atoms with Crippen molar-refractivity contribution in [2.24, 2.45) is 5.73 Å². The first-order chi connectivity index (χ1) is 18.4. The van der Waals surface area contributed by atoms with Crippen molar-refractivity contribution in [1.29, 1.82) is 0 Å². The number of hydrogen-bond acceptors (Lipinski definition) is 7. The lowest BCUT2D eigenvalue weighted by Crippen LogP contribution is -2.45. The third-order valence-electron chi connectivity index (χ3n) is 5.78. The molecule has 2 aromatic rings. The summed E-state index contributed by atoms with van der Waals surface area (Å²) in [4.78, 5) is 36.5. The zero-order valence-corrected chi connectivity index (χ0v) is 22.6. The molecule has 10 nitrogen and oxygen atoms in total. The molecule has 0 spiro atoms. The molecule has 39 heavy (non-hydrogen) atoms. The summed E-state index contributed by atoms with van der Waals surface area (Å²) < 4.78 is 37.7. The third-order valence-corrected chi connectivity index (χ3v) is 6.88. The molecule has 2 heterocycles. The Labute approximate surface area is 228 Å². The van der Waals surface area contributed by atoms with E-state index in [2.05, 4.69) is 34.7 Å². The molecule has 0 aliphatic carbocycles. The van der Waals surface area contributed by atoms with E-state index < -0.39 is 18.2 Å². The number of nitrogens with two attached hydrogens (primary N) is 1. The van der Waals surface area contributed by atoms with E-state index in [1.165, 1.54) is 11.3 Å². The normalized spacial score (nSPS) is 15.2. The van der Waals surface area contributed by atoms with Crippen LogP contribution < -0.4 is 26.4 Å². The van der Waals surface area contributed by atoms with Gasteiger partial charge in [0.15, 0.2) is 0 Å². The van der Waals surface area contributed by atoms with E-state index in [1.54, 1.807) is 6.07 Å². The number of thiophene rings is 1. The molecule has 3 rings (SSSR count). The van der Waals surface area contributed by atoms with Crippen LogP contribution in [0.15, 0.2) is 30.3 Å². The van der Waals surface area contributed by atoms with Gasteiger partial charge in [0.05, 0.1) is 5.56 Å². The number of halogens is 3. The number of urea groups is 1. The van der Waals surface area contributed by atoms with Crippen LogP contribution in [0.2, 0.25) is 0 Å². The Morgan fingerprint density at radius 2 is 1.92 bits per heavy atom. The molecule has 216 valence electrons. The summed E-state index contributed by atoms with van der Waals surface area (Å²) in [5.74, 6) is -2.20. The minimum Gasteiger partial charge on any atom is -0.492 e. The van der Waals surface area contributed by atoms with Gasteiger partial charge in [-0.3, -0.25) is 10.1 Å². The lowest BCUT2D eigenvalue weighted by atomic mass is 10.1. The molecule has 1 aromatic heterocycles. The largest absolute Gasteiger partial charge is 0.492 e. The number of nitrogens with one attached hydrogen (secondary N) is 3. The SMILES string of the molecule is CCN(CC)CCOc1cccc(-c2cc(C(=O)NC3CCCNC3)c(NC(N)=O)s2)c1.O=C(O)C(F)(F)F. The van der Waals surface area contributed by atoms with Crippen LogP contribution in [0.1, 0.15) is 37.0 Å². The summed E-state index contributed by atoms with van der Waals surface area (Å²) in [5.41, 5.74) is 6.68. The summed E-state index contributed by atoms with van der Waals surface area (Å²) in [6, 6.07) is 8.95. The monoisotopic (exact) mass is 573 g/mol. The lowest BCUT2D eigenvalue weighted by Gasteiger charge is -2.23. The van der Waals surface area contributed by atoms with Gasteiger partial charge in [0.1, 0.15) is 17.4 Å². The van der Waals surface area contributed by atoms with Crippen molar-refractivity contribution in [2.75, 3.05) is 44.6 Å². The molecule has 0 saturated carbocycles. The summed E-state index contributed by atoms with van der Waals surface area (Å²) in [7, 11) is 0. The Balaban J connectivity index is 0.000000673. The van der Waals surface area contributed by atoms with Crippen LogP contribution in [0.4, 0.5) is 23.0 Å². The van der Waals surface area contributed by atoms with E-state index in [0.717, 1.165) is 61.8 Å². The number of alkyl halides is 3. The highest BCUT2D eigenvalue weighted by molar-refractivity contribution is 7.20. The fourth-order valence-electron chi connectivity index (χ4n) is 3.72. The molecule has 14 heteroatoms. The first kappa shape index (κ1) is 31.9. The molecule has 1 aliphatic heterocycles. The Morgan fingerprint density at radius 1 is 1.23 bits per heavy atom. The molecule has 1 unspecified atom stereocenters. The number of piperidine rings is 1. The van der Waals surface area contributed by atoms with E-state index in [9.17, 15) is 22.8 Å². The van der Waals surface area contributed by atoms with Crippen molar-refractivity contribution in [3.8, 4) is 16.2 Å². The van der Waals surface area contributed by atoms with Gasteiger partial charge in [-0.15, -0.1) is 11.3 Å². The van der Waals surface area contributed by atoms with Crippen molar-refractivity contribution in [3.63, 3.8) is 0 Å². The fourth-order valence-corrected chi connectivity index (χ4v) is 4.77. The maximum absolute atomic E-state index is 12.9. The third kappa shape index (κ3) is 10.7. The van der Waals surface area contributed by atoms with Crippen LogP contribution in [-0.4, -0.2) is 79.5 Å². The predicted octanol–water partition coefficient (Wildman–Crippen LogP) is 3.74. The number of hydrogen-bond donors (Lipinski definition) is 5. The minimum atomic E-state index is -5.08. The number of amides is 3. The quantitative estimate of drug-likeness (QED) is 0.291. The molecule has 3 amide bonds. The van der Waals surface area contributed by atoms with Gasteiger partial charge >= 0.3 is 18.2 Å². The molecule has 1 aliphatic rings. The van der Waals surface area contributed by atoms with E-state index in [0.29, 0.717) is 17.2 Å². The first-order valence-corrected chi connectivity index (χ1v) is 13.2. The molecule has 1 atom stereocenters. The number of carbonyl (C=O) groups excluding carboxylic acids is 2. The summed E-state index contributed by atoms with van der Waals surface area (Å²) in [6.07, 6.45) is -3.13. The van der Waals surface area contributed by atoms with Gasteiger partial charge in [0.25, 0.3) is 5.91 Å². The standard InChI is InChI=1S/C23H33N5O3S.C2HF3O2/c1-3-28(4-2)11-12-31-18-9-5-7-16(13-18)20-14-19(22(32-20)27-23(24)30)21(29)26-17-8-6-10-25-15-17;3-2(4,5)1(6)7/h5,7,9,13-14,17,25H,3-4,6,8,10-12,15H2,1-2H3,(H,26,29)(H3,24,27,30);(H,6,7). The zero-order valence-electron chi connectivity index (χ0n) is 21.8. The number of anilines is 1. The number of aliphatic carboxylic acids is 1. The summed E-state index contributed by atoms with van der Waals surface area (Å²) >= 11 is 1.32. The molecule has 6 N–H and O–H groups in total. The van der Waals surface area contributed by atoms with Crippen LogP contribution >= 0.6 is 11.3 Å². The fraction of sp³-hybridized carbons (Fsp3) is 0.480. The molecular formula is C25H34F3N5O5S. The van der Waals surface area contributed by atoms with Crippen LogP contribution in [0.25, 0.3) is 10.4 Å². The molecule has 0 radical (unpaired) electrons. The molecule has 1 aromatic carbocycles. The van der Waals surface area contributed by atoms with Gasteiger partial charge in [-0.05, 0) is 56.2 Å². The highest BCUT2D eigenvalue weighted by Crippen LogP contribution is 2.36. The number of primary amides is 1. The topological polar surface area (TPSA) is 146 Å². The molecule has 1 fully saturated rings. The predicted molar refractivity (Wildman–Crippen MR) is 143 cm³/mol. The average molecular weight is 574 g/mol. The number of benzene rings is 1. The summed E-state index contributed by atoms with van der Waals surface area (Å²) in [5, 5.41) is 16.5. The van der Waals surface area contributed by atoms with Gasteiger partial charge in [0.2, 0.25) is 0 Å². The van der Waals surface area contributed by atoms with Crippen molar-refractivity contribution in [2.45, 2.75) is 38.9 Å². The lowest BCUT2D eigenvalue weighted by molar-refractivity contribution is -0.192. The highest BCUT2D eigenvalue weighted by atomic mass is 32.1. The van der Waals surface area contributed by atoms with E-state index in [-0.39, 0.29) is 11.9 Å². The number of ether oxygens (including phenoxy) is 1. The van der Waals surface area contributed by atoms with Crippen LogP contribution in [-0.2, 0) is 4.79 Å². The number of carbonyl (C=O) groups is 3. The van der Waals surface area contributed by atoms with Gasteiger partial charge < -0.3 is 31.1 Å². The van der Waals surface area contributed by atoms with Crippen LogP contribution in [0.5, 0.6) is 5.75 Å². The second kappa shape index (κ2) is 15.3. The Hall–Kier alpha value is -3.36. The Kier molecular flexibility index (Phi) is 12.5. The smallest absolute Gasteiger partial charge is 0.490 e. The van der Waals surface area contributed by atoms with Crippen molar-refractivity contribution in [1.82, 2.24) is 15.5 Å². The molecule has 1 saturated heterocycles. The minimum absolute atomic E-state index is 0.0727. The number of likely N-dealkylation sites (N-methyl/N-ethyl adjacent to an activating group) is 1. The number of nitrogens with zero attached hydrogens (tertiary/aromatic N) is 1. The van der Waals surface area contributed by atoms with Gasteiger partial charge in [-0.2, -0.15) is 13.2 Å². The van der Waals surface area contributed by atoms with Crippen molar-refractivity contribution in [3.05, 3.63) is 35.9 Å². The summed E-state index contributed by atoms with van der Waals surface area (Å²) in [6.45, 7) is 9.44. The molecular weight excluding hydrogens is 539 g/mol. The maximum atomic E-state index is 12.9.